The summed E-state index contributed by atoms with van der Waals surface area (Å²) in [7, 11) is 0. The Bertz CT molecular complexity index is 970. The second-order valence-corrected chi connectivity index (χ2v) is 7.81. The van der Waals surface area contributed by atoms with Crippen LogP contribution in [-0.4, -0.2) is 4.57 Å². The number of rotatable bonds is 3. The van der Waals surface area contributed by atoms with Crippen LogP contribution in [0, 0.1) is 6.92 Å². The van der Waals surface area contributed by atoms with Crippen molar-refractivity contribution in [3.8, 4) is 28.2 Å². The molecule has 0 saturated carbocycles. The van der Waals surface area contributed by atoms with Gasteiger partial charge in [0, 0.05) is 5.69 Å². The smallest absolute Gasteiger partial charge is 0.0689 e. The van der Waals surface area contributed by atoms with Crippen molar-refractivity contribution in [2.45, 2.75) is 6.92 Å². The number of halogens is 2. The number of aromatic nitrogens is 1. The Balaban J connectivity index is 2.08. The monoisotopic (exact) mass is 465 g/mol. The van der Waals surface area contributed by atoms with E-state index in [4.69, 9.17) is 0 Å². The molecule has 1 heterocycles. The Morgan fingerprint density at radius 2 is 1.00 bits per heavy atom. The molecule has 26 heavy (non-hydrogen) atoms. The topological polar surface area (TPSA) is 4.93 Å². The first-order valence-electron chi connectivity index (χ1n) is 8.44. The molecule has 1 aromatic heterocycles. The van der Waals surface area contributed by atoms with Crippen molar-refractivity contribution in [1.82, 2.24) is 4.57 Å². The molecule has 0 spiro atoms. The van der Waals surface area contributed by atoms with E-state index < -0.39 is 0 Å². The zero-order chi connectivity index (χ0) is 18.1. The lowest BCUT2D eigenvalue weighted by atomic mass is 10.1. The van der Waals surface area contributed by atoms with Crippen LogP contribution in [0.3, 0.4) is 0 Å². The zero-order valence-electron chi connectivity index (χ0n) is 14.3. The zero-order valence-corrected chi connectivity index (χ0v) is 17.5. The van der Waals surface area contributed by atoms with Gasteiger partial charge in [-0.05, 0) is 62.0 Å². The van der Waals surface area contributed by atoms with E-state index in [2.05, 4.69) is 116 Å². The molecular formula is C23H17Br2N. The van der Waals surface area contributed by atoms with Gasteiger partial charge < -0.3 is 4.57 Å². The summed E-state index contributed by atoms with van der Waals surface area (Å²) in [5, 5.41) is 0. The van der Waals surface area contributed by atoms with Crippen LogP contribution in [0.15, 0.2) is 93.9 Å². The van der Waals surface area contributed by atoms with E-state index >= 15 is 0 Å². The van der Waals surface area contributed by atoms with Gasteiger partial charge in [0.1, 0.15) is 0 Å². The van der Waals surface area contributed by atoms with Crippen LogP contribution in [0.1, 0.15) is 5.56 Å². The standard InChI is InChI=1S/C23H17Br2N/c1-16-12-14-19(15-13-16)26-22(17-8-4-2-5-9-17)20(24)21(25)23(26)18-10-6-3-7-11-18/h2-15H,1H3. The third kappa shape index (κ3) is 3.06. The van der Waals surface area contributed by atoms with E-state index in [0.29, 0.717) is 0 Å². The SMILES string of the molecule is Cc1ccc(-n2c(-c3ccccc3)c(Br)c(Br)c2-c2ccccc2)cc1. The van der Waals surface area contributed by atoms with Gasteiger partial charge in [0.05, 0.1) is 20.3 Å². The third-order valence-electron chi connectivity index (χ3n) is 4.44. The van der Waals surface area contributed by atoms with E-state index in [1.54, 1.807) is 0 Å². The van der Waals surface area contributed by atoms with Crippen LogP contribution in [-0.2, 0) is 0 Å². The number of hydrogen-bond acceptors (Lipinski definition) is 0. The normalized spacial score (nSPS) is 10.9. The molecule has 3 aromatic carbocycles. The highest BCUT2D eigenvalue weighted by Gasteiger charge is 2.23. The molecule has 128 valence electrons. The van der Waals surface area contributed by atoms with Gasteiger partial charge in [0.15, 0.2) is 0 Å². The number of hydrogen-bond donors (Lipinski definition) is 0. The Morgan fingerprint density at radius 3 is 1.42 bits per heavy atom. The van der Waals surface area contributed by atoms with Gasteiger partial charge in [-0.25, -0.2) is 0 Å². The summed E-state index contributed by atoms with van der Waals surface area (Å²) < 4.78 is 4.43. The molecule has 3 heteroatoms. The van der Waals surface area contributed by atoms with Crippen molar-refractivity contribution in [3.63, 3.8) is 0 Å². The van der Waals surface area contributed by atoms with E-state index in [9.17, 15) is 0 Å². The van der Waals surface area contributed by atoms with Crippen LogP contribution in [0.5, 0.6) is 0 Å². The predicted molar refractivity (Wildman–Crippen MR) is 117 cm³/mol. The summed E-state index contributed by atoms with van der Waals surface area (Å²) in [6, 6.07) is 29.6. The molecule has 0 aliphatic carbocycles. The fraction of sp³-hybridized carbons (Fsp3) is 0.0435. The van der Waals surface area contributed by atoms with Crippen molar-refractivity contribution >= 4 is 31.9 Å². The highest BCUT2D eigenvalue weighted by atomic mass is 79.9. The minimum atomic E-state index is 1.06. The van der Waals surface area contributed by atoms with Gasteiger partial charge in [-0.3, -0.25) is 0 Å². The van der Waals surface area contributed by atoms with Gasteiger partial charge in [-0.15, -0.1) is 0 Å². The maximum absolute atomic E-state index is 3.83. The van der Waals surface area contributed by atoms with Crippen LogP contribution in [0.4, 0.5) is 0 Å². The molecule has 4 rings (SSSR count). The van der Waals surface area contributed by atoms with Crippen LogP contribution >= 0.6 is 31.9 Å². The molecule has 0 amide bonds. The first-order valence-corrected chi connectivity index (χ1v) is 10.0. The molecule has 0 fully saturated rings. The number of nitrogens with zero attached hydrogens (tertiary/aromatic N) is 1. The van der Waals surface area contributed by atoms with Crippen LogP contribution < -0.4 is 0 Å². The maximum atomic E-state index is 3.83. The molecular weight excluding hydrogens is 450 g/mol. The van der Waals surface area contributed by atoms with Gasteiger partial charge in [0.2, 0.25) is 0 Å². The first-order chi connectivity index (χ1) is 12.7. The first kappa shape index (κ1) is 17.3. The largest absolute Gasteiger partial charge is 0.307 e. The van der Waals surface area contributed by atoms with Gasteiger partial charge in [-0.1, -0.05) is 78.4 Å². The summed E-state index contributed by atoms with van der Waals surface area (Å²) >= 11 is 7.66. The molecule has 4 aromatic rings. The maximum Gasteiger partial charge on any atom is 0.0689 e. The van der Waals surface area contributed by atoms with Gasteiger partial charge >= 0.3 is 0 Å². The molecule has 0 radical (unpaired) electrons. The molecule has 1 nitrogen and oxygen atoms in total. The van der Waals surface area contributed by atoms with Gasteiger partial charge in [-0.2, -0.15) is 0 Å². The lowest BCUT2D eigenvalue weighted by Crippen LogP contribution is -2.00. The van der Waals surface area contributed by atoms with Gasteiger partial charge in [0.25, 0.3) is 0 Å². The van der Waals surface area contributed by atoms with Crippen molar-refractivity contribution in [2.24, 2.45) is 0 Å². The summed E-state index contributed by atoms with van der Waals surface area (Å²) in [4.78, 5) is 0. The second-order valence-electron chi connectivity index (χ2n) is 6.23. The summed E-state index contributed by atoms with van der Waals surface area (Å²) in [6.07, 6.45) is 0. The molecule has 0 unspecified atom stereocenters. The number of aryl methyl sites for hydroxylation is 1. The van der Waals surface area contributed by atoms with Crippen molar-refractivity contribution in [1.29, 1.82) is 0 Å². The molecule has 0 saturated heterocycles. The average Bonchev–Trinajstić information content (AvgIpc) is 2.95. The predicted octanol–water partition coefficient (Wildman–Crippen LogP) is 7.64. The van der Waals surface area contributed by atoms with Crippen molar-refractivity contribution in [3.05, 3.63) is 99.4 Å². The molecule has 0 aliphatic heterocycles. The number of benzene rings is 3. The Hall–Kier alpha value is -2.10. The highest BCUT2D eigenvalue weighted by molar-refractivity contribution is 9.13. The quantitative estimate of drug-likeness (QED) is 0.292. The molecule has 0 atom stereocenters. The minimum absolute atomic E-state index is 1.06. The van der Waals surface area contributed by atoms with E-state index in [1.807, 2.05) is 12.1 Å². The van der Waals surface area contributed by atoms with E-state index in [0.717, 1.165) is 26.0 Å². The Labute approximate surface area is 170 Å². The summed E-state index contributed by atoms with van der Waals surface area (Å²) in [5.74, 6) is 0. The van der Waals surface area contributed by atoms with Crippen molar-refractivity contribution in [2.75, 3.05) is 0 Å². The van der Waals surface area contributed by atoms with Crippen LogP contribution in [0.25, 0.3) is 28.2 Å². The lowest BCUT2D eigenvalue weighted by Gasteiger charge is -2.15. The second kappa shape index (κ2) is 7.26. The van der Waals surface area contributed by atoms with Crippen molar-refractivity contribution < 1.29 is 0 Å². The molecule has 0 bridgehead atoms. The summed E-state index contributed by atoms with van der Waals surface area (Å²) in [5.41, 5.74) is 7.01. The fourth-order valence-corrected chi connectivity index (χ4v) is 4.36. The highest BCUT2D eigenvalue weighted by Crippen LogP contribution is 2.45. The summed E-state index contributed by atoms with van der Waals surface area (Å²) in [6.45, 7) is 2.11. The third-order valence-corrected chi connectivity index (χ3v) is 6.52. The Kier molecular flexibility index (Phi) is 4.84. The fourth-order valence-electron chi connectivity index (χ4n) is 3.17. The molecule has 0 aliphatic rings. The average molecular weight is 467 g/mol. The minimum Gasteiger partial charge on any atom is -0.307 e. The van der Waals surface area contributed by atoms with E-state index in [1.165, 1.54) is 16.7 Å². The van der Waals surface area contributed by atoms with E-state index in [-0.39, 0.29) is 0 Å². The molecule has 0 N–H and O–H groups in total. The Morgan fingerprint density at radius 1 is 0.577 bits per heavy atom. The van der Waals surface area contributed by atoms with Crippen LogP contribution in [0.2, 0.25) is 0 Å². The lowest BCUT2D eigenvalue weighted by molar-refractivity contribution is 1.09.